The van der Waals surface area contributed by atoms with E-state index in [4.69, 9.17) is 11.6 Å². The third-order valence-corrected chi connectivity index (χ3v) is 4.08. The predicted octanol–water partition coefficient (Wildman–Crippen LogP) is 5.62. The first kappa shape index (κ1) is 13.1. The molecular formula is C18H14ClF. The molecule has 2 heteroatoms. The summed E-state index contributed by atoms with van der Waals surface area (Å²) in [5.41, 5.74) is 2.83. The van der Waals surface area contributed by atoms with Crippen molar-refractivity contribution in [1.29, 1.82) is 0 Å². The van der Waals surface area contributed by atoms with Gasteiger partial charge < -0.3 is 0 Å². The van der Waals surface area contributed by atoms with E-state index < -0.39 is 0 Å². The fourth-order valence-electron chi connectivity index (χ4n) is 2.52. The molecule has 0 saturated carbocycles. The van der Waals surface area contributed by atoms with Gasteiger partial charge in [0, 0.05) is 0 Å². The highest BCUT2D eigenvalue weighted by Crippen LogP contribution is 2.35. The standard InChI is InChI=1S/C18H14ClF/c1-12-9-10-14(20)11-17(12)18(19)16-8-4-6-13-5-2-3-7-15(13)16/h2-11,18H,1H3. The van der Waals surface area contributed by atoms with Gasteiger partial charge in [-0.2, -0.15) is 0 Å². The molecular weight excluding hydrogens is 271 g/mol. The minimum absolute atomic E-state index is 0.253. The predicted molar refractivity (Wildman–Crippen MR) is 82.8 cm³/mol. The second-order valence-electron chi connectivity index (χ2n) is 4.93. The van der Waals surface area contributed by atoms with Gasteiger partial charge in [0.25, 0.3) is 0 Å². The first-order valence-electron chi connectivity index (χ1n) is 6.54. The molecule has 0 saturated heterocycles. The summed E-state index contributed by atoms with van der Waals surface area (Å²) in [6.45, 7) is 1.95. The lowest BCUT2D eigenvalue weighted by Crippen LogP contribution is -1.98. The van der Waals surface area contributed by atoms with Crippen molar-refractivity contribution < 1.29 is 4.39 Å². The number of hydrogen-bond acceptors (Lipinski definition) is 0. The Morgan fingerprint density at radius 2 is 1.65 bits per heavy atom. The Balaban J connectivity index is 2.17. The van der Waals surface area contributed by atoms with Gasteiger partial charge >= 0.3 is 0 Å². The highest BCUT2D eigenvalue weighted by Gasteiger charge is 2.16. The summed E-state index contributed by atoms with van der Waals surface area (Å²) in [7, 11) is 0. The van der Waals surface area contributed by atoms with Crippen LogP contribution in [0.1, 0.15) is 22.1 Å². The topological polar surface area (TPSA) is 0 Å². The quantitative estimate of drug-likeness (QED) is 0.536. The van der Waals surface area contributed by atoms with Crippen molar-refractivity contribution in [2.24, 2.45) is 0 Å². The van der Waals surface area contributed by atoms with E-state index in [-0.39, 0.29) is 11.2 Å². The van der Waals surface area contributed by atoms with Crippen LogP contribution < -0.4 is 0 Å². The maximum atomic E-state index is 13.5. The number of fused-ring (bicyclic) bond motifs is 1. The van der Waals surface area contributed by atoms with Crippen molar-refractivity contribution in [3.05, 3.63) is 83.2 Å². The van der Waals surface area contributed by atoms with Gasteiger partial charge in [-0.1, -0.05) is 48.5 Å². The molecule has 0 heterocycles. The van der Waals surface area contributed by atoms with Gasteiger partial charge in [-0.15, -0.1) is 11.6 Å². The maximum Gasteiger partial charge on any atom is 0.123 e. The van der Waals surface area contributed by atoms with Gasteiger partial charge in [0.05, 0.1) is 5.38 Å². The van der Waals surface area contributed by atoms with E-state index in [9.17, 15) is 4.39 Å². The van der Waals surface area contributed by atoms with Crippen LogP contribution in [0.3, 0.4) is 0 Å². The van der Waals surface area contributed by atoms with Crippen molar-refractivity contribution in [3.63, 3.8) is 0 Å². The third kappa shape index (κ3) is 2.30. The monoisotopic (exact) mass is 284 g/mol. The molecule has 3 rings (SSSR count). The van der Waals surface area contributed by atoms with E-state index in [0.29, 0.717) is 0 Å². The molecule has 0 aliphatic heterocycles. The molecule has 0 fully saturated rings. The van der Waals surface area contributed by atoms with Gasteiger partial charge in [-0.25, -0.2) is 4.39 Å². The lowest BCUT2D eigenvalue weighted by atomic mass is 9.95. The van der Waals surface area contributed by atoms with Crippen molar-refractivity contribution in [1.82, 2.24) is 0 Å². The van der Waals surface area contributed by atoms with Gasteiger partial charge in [0.2, 0.25) is 0 Å². The summed E-state index contributed by atoms with van der Waals surface area (Å²) in [5.74, 6) is -0.253. The molecule has 100 valence electrons. The lowest BCUT2D eigenvalue weighted by Gasteiger charge is -2.15. The number of aryl methyl sites for hydroxylation is 1. The third-order valence-electron chi connectivity index (χ3n) is 3.61. The van der Waals surface area contributed by atoms with Crippen LogP contribution in [0.5, 0.6) is 0 Å². The summed E-state index contributed by atoms with van der Waals surface area (Å²) >= 11 is 6.62. The zero-order valence-corrected chi connectivity index (χ0v) is 11.9. The molecule has 0 aliphatic rings. The van der Waals surface area contributed by atoms with E-state index in [0.717, 1.165) is 27.5 Å². The van der Waals surface area contributed by atoms with Crippen LogP contribution in [-0.2, 0) is 0 Å². The van der Waals surface area contributed by atoms with Crippen LogP contribution in [-0.4, -0.2) is 0 Å². The Morgan fingerprint density at radius 3 is 2.50 bits per heavy atom. The zero-order valence-electron chi connectivity index (χ0n) is 11.1. The number of benzene rings is 3. The number of rotatable bonds is 2. The number of hydrogen-bond donors (Lipinski definition) is 0. The molecule has 1 unspecified atom stereocenters. The lowest BCUT2D eigenvalue weighted by molar-refractivity contribution is 0.625. The van der Waals surface area contributed by atoms with Crippen LogP contribution in [0.4, 0.5) is 4.39 Å². The highest BCUT2D eigenvalue weighted by atomic mass is 35.5. The maximum absolute atomic E-state index is 13.5. The van der Waals surface area contributed by atoms with E-state index in [1.54, 1.807) is 6.07 Å². The molecule has 0 amide bonds. The summed E-state index contributed by atoms with van der Waals surface area (Å²) in [5, 5.41) is 1.90. The Hall–Kier alpha value is -1.86. The smallest absolute Gasteiger partial charge is 0.123 e. The molecule has 20 heavy (non-hydrogen) atoms. The SMILES string of the molecule is Cc1ccc(F)cc1C(Cl)c1cccc2ccccc12. The van der Waals surface area contributed by atoms with Crippen LogP contribution >= 0.6 is 11.6 Å². The molecule has 0 nitrogen and oxygen atoms in total. The Kier molecular flexibility index (Phi) is 3.45. The minimum atomic E-state index is -0.350. The zero-order chi connectivity index (χ0) is 14.1. The van der Waals surface area contributed by atoms with Crippen molar-refractivity contribution in [2.45, 2.75) is 12.3 Å². The van der Waals surface area contributed by atoms with Crippen LogP contribution in [0.25, 0.3) is 10.8 Å². The molecule has 0 N–H and O–H groups in total. The first-order valence-corrected chi connectivity index (χ1v) is 6.98. The molecule has 0 radical (unpaired) electrons. The molecule has 0 aliphatic carbocycles. The second-order valence-corrected chi connectivity index (χ2v) is 5.37. The minimum Gasteiger partial charge on any atom is -0.207 e. The van der Waals surface area contributed by atoms with Gasteiger partial charge in [-0.05, 0) is 46.5 Å². The van der Waals surface area contributed by atoms with Gasteiger partial charge in [0.15, 0.2) is 0 Å². The Morgan fingerprint density at radius 1 is 0.900 bits per heavy atom. The van der Waals surface area contributed by atoms with Crippen LogP contribution in [0.2, 0.25) is 0 Å². The van der Waals surface area contributed by atoms with Gasteiger partial charge in [-0.3, -0.25) is 0 Å². The van der Waals surface area contributed by atoms with E-state index in [1.165, 1.54) is 12.1 Å². The van der Waals surface area contributed by atoms with Crippen LogP contribution in [0.15, 0.2) is 60.7 Å². The number of alkyl halides is 1. The van der Waals surface area contributed by atoms with Crippen LogP contribution in [0, 0.1) is 12.7 Å². The summed E-state index contributed by atoms with van der Waals surface area (Å²) in [6, 6.07) is 18.9. The fourth-order valence-corrected chi connectivity index (χ4v) is 2.95. The summed E-state index contributed by atoms with van der Waals surface area (Å²) < 4.78 is 13.5. The molecule has 0 aromatic heterocycles. The normalized spacial score (nSPS) is 12.6. The molecule has 0 spiro atoms. The van der Waals surface area contributed by atoms with Crippen molar-refractivity contribution in [2.75, 3.05) is 0 Å². The summed E-state index contributed by atoms with van der Waals surface area (Å²) in [4.78, 5) is 0. The number of halogens is 2. The molecule has 1 atom stereocenters. The molecule has 3 aromatic rings. The van der Waals surface area contributed by atoms with E-state index in [1.807, 2.05) is 31.2 Å². The van der Waals surface area contributed by atoms with Crippen molar-refractivity contribution in [3.8, 4) is 0 Å². The highest BCUT2D eigenvalue weighted by molar-refractivity contribution is 6.23. The van der Waals surface area contributed by atoms with E-state index >= 15 is 0 Å². The average Bonchev–Trinajstić information content (AvgIpc) is 2.48. The summed E-state index contributed by atoms with van der Waals surface area (Å²) in [6.07, 6.45) is 0. The van der Waals surface area contributed by atoms with E-state index in [2.05, 4.69) is 18.2 Å². The second kappa shape index (κ2) is 5.26. The molecule has 3 aromatic carbocycles. The fraction of sp³-hybridized carbons (Fsp3) is 0.111. The van der Waals surface area contributed by atoms with Gasteiger partial charge in [0.1, 0.15) is 5.82 Å². The molecule has 0 bridgehead atoms. The average molecular weight is 285 g/mol. The van der Waals surface area contributed by atoms with Crippen molar-refractivity contribution >= 4 is 22.4 Å². The first-order chi connectivity index (χ1) is 9.66. The Labute approximate surface area is 122 Å². The largest absolute Gasteiger partial charge is 0.207 e. The Bertz CT molecular complexity index is 759.